The minimum atomic E-state index is 0.0838. The number of thiophene rings is 2. The highest BCUT2D eigenvalue weighted by atomic mass is 32.1. The molecule has 3 nitrogen and oxygen atoms in total. The molecule has 6 heteroatoms. The number of nitrogens with zero attached hydrogens (tertiary/aromatic N) is 3. The lowest BCUT2D eigenvalue weighted by Crippen LogP contribution is -2.54. The van der Waals surface area contributed by atoms with E-state index in [0.29, 0.717) is 0 Å². The molecule has 0 aliphatic carbocycles. The molecule has 154 valence electrons. The zero-order valence-corrected chi connectivity index (χ0v) is 19.1. The maximum absolute atomic E-state index is 4.31. The molecule has 0 bridgehead atoms. The number of hydrogen-bond donors (Lipinski definition) is 0. The van der Waals surface area contributed by atoms with Gasteiger partial charge in [0.1, 0.15) is 5.00 Å². The summed E-state index contributed by atoms with van der Waals surface area (Å²) in [6.07, 6.45) is 3.80. The fourth-order valence-electron chi connectivity index (χ4n) is 5.43. The van der Waals surface area contributed by atoms with Crippen molar-refractivity contribution in [3.8, 4) is 11.1 Å². The Morgan fingerprint density at radius 3 is 2.21 bits per heavy atom. The fraction of sp³-hybridized carbons (Fsp3) is 0. The van der Waals surface area contributed by atoms with Gasteiger partial charge >= 0.3 is 6.98 Å². The molecular weight excluding hydrogens is 441 g/mol. The summed E-state index contributed by atoms with van der Waals surface area (Å²) in [5, 5.41) is 3.97. The molecular formula is C27H16BN3S2. The zero-order valence-electron chi connectivity index (χ0n) is 17.5. The quantitative estimate of drug-likeness (QED) is 0.244. The van der Waals surface area contributed by atoms with Crippen LogP contribution in [0.2, 0.25) is 0 Å². The first kappa shape index (κ1) is 17.9. The van der Waals surface area contributed by atoms with Crippen molar-refractivity contribution in [3.63, 3.8) is 0 Å². The zero-order chi connectivity index (χ0) is 21.5. The van der Waals surface area contributed by atoms with Gasteiger partial charge < -0.3 is 9.62 Å². The van der Waals surface area contributed by atoms with Crippen molar-refractivity contribution in [1.29, 1.82) is 0 Å². The summed E-state index contributed by atoms with van der Waals surface area (Å²) in [5.41, 5.74) is 6.45. The lowest BCUT2D eigenvalue weighted by atomic mass is 9.64. The molecule has 2 aliphatic rings. The number of fused-ring (bicyclic) bond motifs is 12. The molecule has 0 unspecified atom stereocenters. The highest BCUT2D eigenvalue weighted by molar-refractivity contribution is 7.32. The summed E-state index contributed by atoms with van der Waals surface area (Å²) >= 11 is 3.81. The van der Waals surface area contributed by atoms with Crippen LogP contribution in [0.25, 0.3) is 31.3 Å². The number of benzene rings is 3. The molecule has 3 aromatic heterocycles. The summed E-state index contributed by atoms with van der Waals surface area (Å²) in [7, 11) is 0. The van der Waals surface area contributed by atoms with Gasteiger partial charge in [-0.2, -0.15) is 0 Å². The van der Waals surface area contributed by atoms with Gasteiger partial charge in [-0.25, -0.2) is 0 Å². The van der Waals surface area contributed by atoms with Crippen molar-refractivity contribution >= 4 is 76.7 Å². The van der Waals surface area contributed by atoms with E-state index in [2.05, 4.69) is 99.5 Å². The normalized spacial score (nSPS) is 13.9. The average Bonchev–Trinajstić information content (AvgIpc) is 3.53. The molecule has 0 atom stereocenters. The van der Waals surface area contributed by atoms with Crippen LogP contribution in [-0.4, -0.2) is 12.0 Å². The minimum Gasteiger partial charge on any atom is -0.358 e. The Kier molecular flexibility index (Phi) is 3.51. The smallest absolute Gasteiger partial charge is 0.358 e. The second kappa shape index (κ2) is 6.47. The predicted molar refractivity (Wildman–Crippen MR) is 143 cm³/mol. The van der Waals surface area contributed by atoms with E-state index in [1.54, 1.807) is 0 Å². The molecule has 0 saturated heterocycles. The van der Waals surface area contributed by atoms with Crippen LogP contribution < -0.4 is 14.4 Å². The van der Waals surface area contributed by atoms with Crippen LogP contribution in [0.4, 0.5) is 22.1 Å². The SMILES string of the molecule is c1ccc2c(c1)-c1c(sc3ccccc13)B1N2c2sc3ccccc3c2N1c1ccncc1. The van der Waals surface area contributed by atoms with Gasteiger partial charge in [0.25, 0.3) is 0 Å². The van der Waals surface area contributed by atoms with Gasteiger partial charge in [0, 0.05) is 54.5 Å². The van der Waals surface area contributed by atoms with E-state index in [1.807, 2.05) is 35.1 Å². The monoisotopic (exact) mass is 457 g/mol. The molecule has 0 fully saturated rings. The Morgan fingerprint density at radius 1 is 0.667 bits per heavy atom. The summed E-state index contributed by atoms with van der Waals surface area (Å²) in [6, 6.07) is 30.8. The van der Waals surface area contributed by atoms with E-state index >= 15 is 0 Å². The van der Waals surface area contributed by atoms with Gasteiger partial charge in [-0.15, -0.1) is 22.7 Å². The maximum Gasteiger partial charge on any atom is 0.432 e. The maximum atomic E-state index is 4.31. The van der Waals surface area contributed by atoms with Crippen LogP contribution in [0, 0.1) is 0 Å². The summed E-state index contributed by atoms with van der Waals surface area (Å²) < 4.78 is 4.06. The second-order valence-electron chi connectivity index (χ2n) is 8.43. The Labute approximate surface area is 199 Å². The number of hydrogen-bond acceptors (Lipinski definition) is 5. The molecule has 33 heavy (non-hydrogen) atoms. The van der Waals surface area contributed by atoms with Crippen LogP contribution in [-0.2, 0) is 0 Å². The number of anilines is 4. The van der Waals surface area contributed by atoms with Crippen molar-refractivity contribution in [2.24, 2.45) is 0 Å². The Bertz CT molecular complexity index is 1710. The first-order valence-corrected chi connectivity index (χ1v) is 12.6. The largest absolute Gasteiger partial charge is 0.432 e. The molecule has 0 radical (unpaired) electrons. The van der Waals surface area contributed by atoms with Gasteiger partial charge in [0.05, 0.1) is 5.69 Å². The third kappa shape index (κ3) is 2.27. The highest BCUT2D eigenvalue weighted by Gasteiger charge is 2.51. The van der Waals surface area contributed by atoms with Crippen molar-refractivity contribution in [3.05, 3.63) is 97.3 Å². The lowest BCUT2D eigenvalue weighted by Gasteiger charge is -2.34. The number of pyridine rings is 1. The van der Waals surface area contributed by atoms with E-state index in [4.69, 9.17) is 0 Å². The van der Waals surface area contributed by atoms with Gasteiger partial charge in [0.15, 0.2) is 0 Å². The third-order valence-electron chi connectivity index (χ3n) is 6.73. The third-order valence-corrected chi connectivity index (χ3v) is 9.10. The highest BCUT2D eigenvalue weighted by Crippen LogP contribution is 2.58. The minimum absolute atomic E-state index is 0.0838. The molecule has 0 spiro atoms. The molecule has 6 aromatic rings. The van der Waals surface area contributed by atoms with Gasteiger partial charge in [0.2, 0.25) is 0 Å². The average molecular weight is 457 g/mol. The Hall–Kier alpha value is -3.61. The summed E-state index contributed by atoms with van der Waals surface area (Å²) in [5.74, 6) is 0. The first-order valence-electron chi connectivity index (χ1n) is 11.0. The van der Waals surface area contributed by atoms with Crippen molar-refractivity contribution < 1.29 is 0 Å². The van der Waals surface area contributed by atoms with E-state index in [0.717, 1.165) is 0 Å². The molecule has 3 aromatic carbocycles. The van der Waals surface area contributed by atoms with Gasteiger partial charge in [-0.3, -0.25) is 4.98 Å². The first-order chi connectivity index (χ1) is 16.4. The van der Waals surface area contributed by atoms with Crippen LogP contribution in [0.1, 0.15) is 0 Å². The fourth-order valence-corrected chi connectivity index (χ4v) is 7.97. The van der Waals surface area contributed by atoms with E-state index in [9.17, 15) is 0 Å². The van der Waals surface area contributed by atoms with Crippen molar-refractivity contribution in [1.82, 2.24) is 4.98 Å². The van der Waals surface area contributed by atoms with Crippen molar-refractivity contribution in [2.75, 3.05) is 9.62 Å². The molecule has 0 saturated carbocycles. The molecule has 5 heterocycles. The Balaban J connectivity index is 1.52. The lowest BCUT2D eigenvalue weighted by molar-refractivity contribution is 1.30. The standard InChI is InChI=1S/C27H16BN3S2/c1-4-10-21-18(7-1)24-19-8-2-5-11-22(19)32-26(24)28-30(17-13-15-29-16-14-17)25-20-9-3-6-12-23(20)33-27(25)31(21)28/h1-16H. The Morgan fingerprint density at radius 2 is 1.36 bits per heavy atom. The van der Waals surface area contributed by atoms with Gasteiger partial charge in [-0.1, -0.05) is 54.6 Å². The number of para-hydroxylation sites is 1. The van der Waals surface area contributed by atoms with E-state index in [1.165, 1.54) is 58.1 Å². The topological polar surface area (TPSA) is 19.4 Å². The summed E-state index contributed by atoms with van der Waals surface area (Å²) in [6.45, 7) is 0.0838. The van der Waals surface area contributed by atoms with Crippen LogP contribution in [0.15, 0.2) is 97.3 Å². The van der Waals surface area contributed by atoms with Crippen LogP contribution in [0.5, 0.6) is 0 Å². The molecule has 0 amide bonds. The molecule has 2 aliphatic heterocycles. The second-order valence-corrected chi connectivity index (χ2v) is 10.5. The van der Waals surface area contributed by atoms with Crippen LogP contribution >= 0.6 is 22.7 Å². The molecule has 8 rings (SSSR count). The van der Waals surface area contributed by atoms with Crippen molar-refractivity contribution in [2.45, 2.75) is 0 Å². The van der Waals surface area contributed by atoms with Crippen LogP contribution in [0.3, 0.4) is 0 Å². The number of rotatable bonds is 1. The molecule has 0 N–H and O–H groups in total. The number of aromatic nitrogens is 1. The summed E-state index contributed by atoms with van der Waals surface area (Å²) in [4.78, 5) is 9.40. The van der Waals surface area contributed by atoms with E-state index < -0.39 is 0 Å². The van der Waals surface area contributed by atoms with E-state index in [-0.39, 0.29) is 6.98 Å². The predicted octanol–water partition coefficient (Wildman–Crippen LogP) is 7.18. The van der Waals surface area contributed by atoms with Gasteiger partial charge in [-0.05, 0) is 35.7 Å².